The van der Waals surface area contributed by atoms with E-state index in [4.69, 9.17) is 4.74 Å². The van der Waals surface area contributed by atoms with Gasteiger partial charge in [-0.15, -0.1) is 11.3 Å². The molecule has 2 aromatic carbocycles. The maximum Gasteiger partial charge on any atom is 0.275 e. The van der Waals surface area contributed by atoms with Crippen molar-refractivity contribution in [3.63, 3.8) is 0 Å². The number of para-hydroxylation sites is 1. The summed E-state index contributed by atoms with van der Waals surface area (Å²) in [4.78, 5) is 16.8. The number of rotatable bonds is 5. The first kappa shape index (κ1) is 17.0. The molecule has 0 bridgehead atoms. The van der Waals surface area contributed by atoms with E-state index in [1.807, 2.05) is 56.3 Å². The van der Waals surface area contributed by atoms with E-state index in [1.165, 1.54) is 11.3 Å². The maximum absolute atomic E-state index is 12.4. The molecule has 1 heterocycles. The van der Waals surface area contributed by atoms with Crippen molar-refractivity contribution in [3.05, 3.63) is 64.7 Å². The molecule has 0 aliphatic carbocycles. The number of nitrogens with one attached hydrogen (secondary N) is 2. The highest BCUT2D eigenvalue weighted by Gasteiger charge is 2.13. The molecule has 1 amide bonds. The zero-order valence-electron chi connectivity index (χ0n) is 14.3. The fourth-order valence-electron chi connectivity index (χ4n) is 2.37. The second kappa shape index (κ2) is 7.36. The number of aromatic nitrogens is 1. The minimum absolute atomic E-state index is 0.227. The van der Waals surface area contributed by atoms with Crippen LogP contribution in [0.3, 0.4) is 0 Å². The summed E-state index contributed by atoms with van der Waals surface area (Å²) in [7, 11) is 1.62. The Labute approximate surface area is 150 Å². The highest BCUT2D eigenvalue weighted by Crippen LogP contribution is 2.30. The number of ether oxygens (including phenoxy) is 1. The molecule has 5 nitrogen and oxygen atoms in total. The van der Waals surface area contributed by atoms with Crippen LogP contribution in [0, 0.1) is 13.8 Å². The molecule has 25 heavy (non-hydrogen) atoms. The van der Waals surface area contributed by atoms with Crippen molar-refractivity contribution in [2.75, 3.05) is 17.7 Å². The van der Waals surface area contributed by atoms with Crippen LogP contribution in [0.5, 0.6) is 5.75 Å². The number of thiazole rings is 1. The molecule has 0 aliphatic rings. The average molecular weight is 353 g/mol. The van der Waals surface area contributed by atoms with E-state index in [2.05, 4.69) is 15.6 Å². The van der Waals surface area contributed by atoms with Crippen LogP contribution in [0.1, 0.15) is 21.6 Å². The monoisotopic (exact) mass is 353 g/mol. The van der Waals surface area contributed by atoms with Gasteiger partial charge in [-0.25, -0.2) is 4.98 Å². The summed E-state index contributed by atoms with van der Waals surface area (Å²) < 4.78 is 5.35. The van der Waals surface area contributed by atoms with Gasteiger partial charge in [-0.05, 0) is 43.2 Å². The zero-order valence-corrected chi connectivity index (χ0v) is 15.1. The molecule has 128 valence electrons. The van der Waals surface area contributed by atoms with Crippen LogP contribution in [-0.2, 0) is 0 Å². The molecule has 3 rings (SSSR count). The summed E-state index contributed by atoms with van der Waals surface area (Å²) in [5.74, 6) is 0.501. The molecule has 0 spiro atoms. The number of nitrogens with zero attached hydrogens (tertiary/aromatic N) is 1. The second-order valence-corrected chi connectivity index (χ2v) is 6.49. The van der Waals surface area contributed by atoms with Crippen LogP contribution in [0.4, 0.5) is 16.5 Å². The van der Waals surface area contributed by atoms with Crippen LogP contribution in [0.2, 0.25) is 0 Å². The minimum atomic E-state index is -0.227. The molecular formula is C19H19N3O2S. The standard InChI is InChI=1S/C19H19N3O2S/c1-12-8-9-17(24-3)15(10-12)21-19-22-16(11-25-19)18(23)20-14-7-5-4-6-13(14)2/h4-11H,1-3H3,(H,20,23)(H,21,22). The molecule has 1 aromatic heterocycles. The molecule has 0 atom stereocenters. The first-order valence-corrected chi connectivity index (χ1v) is 8.69. The van der Waals surface area contributed by atoms with Gasteiger partial charge in [0.25, 0.3) is 5.91 Å². The van der Waals surface area contributed by atoms with Crippen LogP contribution in [0.15, 0.2) is 47.8 Å². The molecule has 0 aliphatic heterocycles. The second-order valence-electron chi connectivity index (χ2n) is 5.64. The van der Waals surface area contributed by atoms with Crippen molar-refractivity contribution in [1.29, 1.82) is 0 Å². The van der Waals surface area contributed by atoms with Crippen LogP contribution >= 0.6 is 11.3 Å². The third-order valence-corrected chi connectivity index (χ3v) is 4.48. The van der Waals surface area contributed by atoms with Gasteiger partial charge in [0.15, 0.2) is 5.13 Å². The van der Waals surface area contributed by atoms with Crippen LogP contribution in [-0.4, -0.2) is 18.0 Å². The summed E-state index contributed by atoms with van der Waals surface area (Å²) >= 11 is 1.37. The van der Waals surface area contributed by atoms with Gasteiger partial charge in [-0.2, -0.15) is 0 Å². The first-order valence-electron chi connectivity index (χ1n) is 7.81. The van der Waals surface area contributed by atoms with E-state index in [1.54, 1.807) is 12.5 Å². The van der Waals surface area contributed by atoms with Gasteiger partial charge in [-0.3, -0.25) is 4.79 Å². The summed E-state index contributed by atoms with van der Waals surface area (Å²) in [6, 6.07) is 13.5. The fraction of sp³-hybridized carbons (Fsp3) is 0.158. The highest BCUT2D eigenvalue weighted by atomic mass is 32.1. The number of hydrogen-bond donors (Lipinski definition) is 2. The molecule has 0 unspecified atom stereocenters. The van der Waals surface area contributed by atoms with Gasteiger partial charge >= 0.3 is 0 Å². The van der Waals surface area contributed by atoms with Crippen molar-refractivity contribution in [1.82, 2.24) is 4.98 Å². The van der Waals surface area contributed by atoms with Crippen molar-refractivity contribution < 1.29 is 9.53 Å². The predicted molar refractivity (Wildman–Crippen MR) is 102 cm³/mol. The summed E-state index contributed by atoms with van der Waals surface area (Å²) in [5.41, 5.74) is 4.10. The minimum Gasteiger partial charge on any atom is -0.495 e. The summed E-state index contributed by atoms with van der Waals surface area (Å²) in [6.07, 6.45) is 0. The average Bonchev–Trinajstić information content (AvgIpc) is 3.06. The number of hydrogen-bond acceptors (Lipinski definition) is 5. The third kappa shape index (κ3) is 3.97. The molecular weight excluding hydrogens is 334 g/mol. The van der Waals surface area contributed by atoms with Crippen molar-refractivity contribution in [2.24, 2.45) is 0 Å². The largest absolute Gasteiger partial charge is 0.495 e. The molecule has 0 saturated carbocycles. The highest BCUT2D eigenvalue weighted by molar-refractivity contribution is 7.14. The Morgan fingerprint density at radius 3 is 2.68 bits per heavy atom. The zero-order chi connectivity index (χ0) is 17.8. The van der Waals surface area contributed by atoms with Gasteiger partial charge < -0.3 is 15.4 Å². The third-order valence-electron chi connectivity index (χ3n) is 3.73. The van der Waals surface area contributed by atoms with E-state index in [9.17, 15) is 4.79 Å². The molecule has 6 heteroatoms. The number of benzene rings is 2. The van der Waals surface area contributed by atoms with Crippen molar-refractivity contribution in [2.45, 2.75) is 13.8 Å². The lowest BCUT2D eigenvalue weighted by Crippen LogP contribution is -2.13. The lowest BCUT2D eigenvalue weighted by atomic mass is 10.2. The van der Waals surface area contributed by atoms with Gasteiger partial charge in [0.2, 0.25) is 0 Å². The number of amides is 1. The first-order chi connectivity index (χ1) is 12.1. The maximum atomic E-state index is 12.4. The Morgan fingerprint density at radius 2 is 1.92 bits per heavy atom. The van der Waals surface area contributed by atoms with Crippen molar-refractivity contribution >= 4 is 33.8 Å². The Morgan fingerprint density at radius 1 is 1.12 bits per heavy atom. The lowest BCUT2D eigenvalue weighted by Gasteiger charge is -2.09. The normalized spacial score (nSPS) is 10.4. The molecule has 0 radical (unpaired) electrons. The Hall–Kier alpha value is -2.86. The van der Waals surface area contributed by atoms with E-state index in [-0.39, 0.29) is 5.91 Å². The van der Waals surface area contributed by atoms with Crippen LogP contribution < -0.4 is 15.4 Å². The predicted octanol–water partition coefficient (Wildman–Crippen LogP) is 4.76. The van der Waals surface area contributed by atoms with Gasteiger partial charge in [0, 0.05) is 11.1 Å². The van der Waals surface area contributed by atoms with Crippen LogP contribution in [0.25, 0.3) is 0 Å². The lowest BCUT2D eigenvalue weighted by molar-refractivity contribution is 0.102. The Bertz CT molecular complexity index is 905. The van der Waals surface area contributed by atoms with Gasteiger partial charge in [0.1, 0.15) is 11.4 Å². The number of methoxy groups -OCH3 is 1. The quantitative estimate of drug-likeness (QED) is 0.694. The SMILES string of the molecule is COc1ccc(C)cc1Nc1nc(C(=O)Nc2ccccc2C)cs1. The molecule has 0 fully saturated rings. The molecule has 3 aromatic rings. The van der Waals surface area contributed by atoms with E-state index < -0.39 is 0 Å². The topological polar surface area (TPSA) is 63.2 Å². The van der Waals surface area contributed by atoms with E-state index in [0.717, 1.165) is 28.3 Å². The number of anilines is 3. The molecule has 2 N–H and O–H groups in total. The number of aryl methyl sites for hydroxylation is 2. The van der Waals surface area contributed by atoms with E-state index >= 15 is 0 Å². The Kier molecular flexibility index (Phi) is 5.00. The van der Waals surface area contributed by atoms with Gasteiger partial charge in [0.05, 0.1) is 12.8 Å². The number of carbonyl (C=O) groups is 1. The summed E-state index contributed by atoms with van der Waals surface area (Å²) in [5, 5.41) is 8.48. The summed E-state index contributed by atoms with van der Waals surface area (Å²) in [6.45, 7) is 3.96. The fourth-order valence-corrected chi connectivity index (χ4v) is 3.07. The molecule has 0 saturated heterocycles. The van der Waals surface area contributed by atoms with Crippen molar-refractivity contribution in [3.8, 4) is 5.75 Å². The van der Waals surface area contributed by atoms with E-state index in [0.29, 0.717) is 10.8 Å². The number of carbonyl (C=O) groups excluding carboxylic acids is 1. The smallest absolute Gasteiger partial charge is 0.275 e. The van der Waals surface area contributed by atoms with Gasteiger partial charge in [-0.1, -0.05) is 24.3 Å². The Balaban J connectivity index is 1.75.